The third kappa shape index (κ3) is 4.87. The summed E-state index contributed by atoms with van der Waals surface area (Å²) in [5.74, 6) is 0.485. The Morgan fingerprint density at radius 3 is 2.25 bits per heavy atom. The standard InChI is InChI=1S/C20H31N3O3S.ClH/c1-15(2)17-4-6-19(7-5-17)27(25,26)22-11-8-18(9-12-22)20(24)23-13-10-21-14-16(23)3;/h4-7,15-16,18,21H,8-14H2,1-3H3;1H. The van der Waals surface area contributed by atoms with Gasteiger partial charge in [0, 0.05) is 44.7 Å². The van der Waals surface area contributed by atoms with E-state index in [9.17, 15) is 13.2 Å². The zero-order chi connectivity index (χ0) is 19.6. The third-order valence-electron chi connectivity index (χ3n) is 5.77. The molecule has 0 saturated carbocycles. The van der Waals surface area contributed by atoms with Crippen molar-refractivity contribution in [3.05, 3.63) is 29.8 Å². The smallest absolute Gasteiger partial charge is 0.243 e. The lowest BCUT2D eigenvalue weighted by molar-refractivity contribution is -0.139. The molecule has 158 valence electrons. The summed E-state index contributed by atoms with van der Waals surface area (Å²) in [7, 11) is -3.49. The molecule has 0 bridgehead atoms. The number of piperazine rings is 1. The minimum Gasteiger partial charge on any atom is -0.337 e. The molecule has 2 saturated heterocycles. The number of nitrogens with zero attached hydrogens (tertiary/aromatic N) is 2. The first-order valence-corrected chi connectivity index (χ1v) is 11.4. The number of piperidine rings is 1. The van der Waals surface area contributed by atoms with Crippen LogP contribution < -0.4 is 5.32 Å². The van der Waals surface area contributed by atoms with Crippen LogP contribution in [0, 0.1) is 5.92 Å². The Hall–Kier alpha value is -1.15. The molecule has 2 aliphatic rings. The van der Waals surface area contributed by atoms with E-state index in [1.54, 1.807) is 12.1 Å². The van der Waals surface area contributed by atoms with Gasteiger partial charge in [0.25, 0.3) is 0 Å². The van der Waals surface area contributed by atoms with Crippen LogP contribution in [0.4, 0.5) is 0 Å². The quantitative estimate of drug-likeness (QED) is 0.798. The molecule has 0 spiro atoms. The number of carbonyl (C=O) groups is 1. The van der Waals surface area contributed by atoms with E-state index in [1.807, 2.05) is 17.0 Å². The second kappa shape index (κ2) is 9.57. The fourth-order valence-corrected chi connectivity index (χ4v) is 5.39. The zero-order valence-electron chi connectivity index (χ0n) is 16.9. The monoisotopic (exact) mass is 429 g/mol. The van der Waals surface area contributed by atoms with Gasteiger partial charge in [-0.25, -0.2) is 8.42 Å². The highest BCUT2D eigenvalue weighted by Gasteiger charge is 2.35. The highest BCUT2D eigenvalue weighted by molar-refractivity contribution is 7.89. The predicted molar refractivity (Wildman–Crippen MR) is 113 cm³/mol. The number of carbonyl (C=O) groups excluding carboxylic acids is 1. The van der Waals surface area contributed by atoms with Gasteiger partial charge in [-0.15, -0.1) is 12.4 Å². The fourth-order valence-electron chi connectivity index (χ4n) is 3.92. The minimum atomic E-state index is -3.49. The molecule has 0 radical (unpaired) electrons. The van der Waals surface area contributed by atoms with Crippen molar-refractivity contribution in [2.75, 3.05) is 32.7 Å². The average Bonchev–Trinajstić information content (AvgIpc) is 2.68. The van der Waals surface area contributed by atoms with Crippen LogP contribution in [0.3, 0.4) is 0 Å². The van der Waals surface area contributed by atoms with Crippen LogP contribution >= 0.6 is 12.4 Å². The van der Waals surface area contributed by atoms with Crippen LogP contribution in [-0.4, -0.2) is 62.3 Å². The molecule has 6 nitrogen and oxygen atoms in total. The number of benzene rings is 1. The molecular formula is C20H32ClN3O3S. The first kappa shape index (κ1) is 23.1. The molecule has 0 aliphatic carbocycles. The fraction of sp³-hybridized carbons (Fsp3) is 0.650. The van der Waals surface area contributed by atoms with E-state index in [1.165, 1.54) is 4.31 Å². The molecular weight excluding hydrogens is 398 g/mol. The maximum absolute atomic E-state index is 12.9. The summed E-state index contributed by atoms with van der Waals surface area (Å²) in [6.07, 6.45) is 1.19. The van der Waals surface area contributed by atoms with Crippen LogP contribution in [0.15, 0.2) is 29.2 Å². The van der Waals surface area contributed by atoms with Crippen LogP contribution in [0.2, 0.25) is 0 Å². The Bertz CT molecular complexity index is 759. The van der Waals surface area contributed by atoms with Crippen molar-refractivity contribution in [2.24, 2.45) is 5.92 Å². The number of hydrogen-bond acceptors (Lipinski definition) is 4. The molecule has 1 amide bonds. The summed E-state index contributed by atoms with van der Waals surface area (Å²) in [6.45, 7) is 9.44. The molecule has 1 aromatic rings. The van der Waals surface area contributed by atoms with Gasteiger partial charge in [-0.1, -0.05) is 26.0 Å². The number of rotatable bonds is 4. The number of nitrogens with one attached hydrogen (secondary N) is 1. The third-order valence-corrected chi connectivity index (χ3v) is 7.68. The Balaban J connectivity index is 0.00000280. The van der Waals surface area contributed by atoms with E-state index in [0.29, 0.717) is 36.7 Å². The molecule has 2 aliphatic heterocycles. The molecule has 3 rings (SSSR count). The molecule has 28 heavy (non-hydrogen) atoms. The molecule has 2 fully saturated rings. The summed E-state index contributed by atoms with van der Waals surface area (Å²) in [6, 6.07) is 7.38. The van der Waals surface area contributed by atoms with Gasteiger partial charge in [-0.3, -0.25) is 4.79 Å². The van der Waals surface area contributed by atoms with Crippen molar-refractivity contribution in [2.45, 2.75) is 50.5 Å². The molecule has 1 aromatic carbocycles. The van der Waals surface area contributed by atoms with Crippen molar-refractivity contribution >= 4 is 28.3 Å². The maximum atomic E-state index is 12.9. The van der Waals surface area contributed by atoms with E-state index in [2.05, 4.69) is 26.1 Å². The highest BCUT2D eigenvalue weighted by atomic mass is 35.5. The SMILES string of the molecule is CC(C)c1ccc(S(=O)(=O)N2CCC(C(=O)N3CCNCC3C)CC2)cc1.Cl. The van der Waals surface area contributed by atoms with E-state index in [-0.39, 0.29) is 30.3 Å². The summed E-state index contributed by atoms with van der Waals surface area (Å²) in [5, 5.41) is 3.30. The highest BCUT2D eigenvalue weighted by Crippen LogP contribution is 2.27. The van der Waals surface area contributed by atoms with Crippen LogP contribution in [0.25, 0.3) is 0 Å². The van der Waals surface area contributed by atoms with Crippen molar-refractivity contribution < 1.29 is 13.2 Å². The molecule has 2 heterocycles. The summed E-state index contributed by atoms with van der Waals surface area (Å²) in [4.78, 5) is 15.1. The number of hydrogen-bond donors (Lipinski definition) is 1. The minimum absolute atomic E-state index is 0. The lowest BCUT2D eigenvalue weighted by Crippen LogP contribution is -2.55. The van der Waals surface area contributed by atoms with Gasteiger partial charge in [0.15, 0.2) is 0 Å². The van der Waals surface area contributed by atoms with Gasteiger partial charge in [-0.05, 0) is 43.4 Å². The lowest BCUT2D eigenvalue weighted by atomic mass is 9.95. The van der Waals surface area contributed by atoms with Crippen molar-refractivity contribution in [3.63, 3.8) is 0 Å². The first-order chi connectivity index (χ1) is 12.8. The Morgan fingerprint density at radius 1 is 1.11 bits per heavy atom. The van der Waals surface area contributed by atoms with Crippen molar-refractivity contribution in [3.8, 4) is 0 Å². The van der Waals surface area contributed by atoms with E-state index in [4.69, 9.17) is 0 Å². The summed E-state index contributed by atoms with van der Waals surface area (Å²) in [5.41, 5.74) is 1.13. The van der Waals surface area contributed by atoms with Gasteiger partial charge in [0.2, 0.25) is 15.9 Å². The van der Waals surface area contributed by atoms with Crippen molar-refractivity contribution in [1.29, 1.82) is 0 Å². The number of halogens is 1. The second-order valence-corrected chi connectivity index (χ2v) is 9.92. The Kier molecular flexibility index (Phi) is 7.90. The summed E-state index contributed by atoms with van der Waals surface area (Å²) < 4.78 is 27.4. The van der Waals surface area contributed by atoms with E-state index in [0.717, 1.165) is 25.2 Å². The van der Waals surface area contributed by atoms with E-state index < -0.39 is 10.0 Å². The van der Waals surface area contributed by atoms with Gasteiger partial charge in [0.05, 0.1) is 4.90 Å². The molecule has 0 aromatic heterocycles. The number of amides is 1. The van der Waals surface area contributed by atoms with E-state index >= 15 is 0 Å². The average molecular weight is 430 g/mol. The lowest BCUT2D eigenvalue weighted by Gasteiger charge is -2.38. The maximum Gasteiger partial charge on any atom is 0.243 e. The van der Waals surface area contributed by atoms with Crippen molar-refractivity contribution in [1.82, 2.24) is 14.5 Å². The van der Waals surface area contributed by atoms with Gasteiger partial charge < -0.3 is 10.2 Å². The van der Waals surface area contributed by atoms with Crippen LogP contribution in [0.5, 0.6) is 0 Å². The summed E-state index contributed by atoms with van der Waals surface area (Å²) >= 11 is 0. The zero-order valence-corrected chi connectivity index (χ0v) is 18.6. The Labute approximate surface area is 175 Å². The molecule has 1 atom stereocenters. The second-order valence-electron chi connectivity index (χ2n) is 7.99. The topological polar surface area (TPSA) is 69.7 Å². The molecule has 1 N–H and O–H groups in total. The Morgan fingerprint density at radius 2 is 1.71 bits per heavy atom. The van der Waals surface area contributed by atoms with Gasteiger partial charge in [0.1, 0.15) is 0 Å². The van der Waals surface area contributed by atoms with Crippen LogP contribution in [-0.2, 0) is 14.8 Å². The molecule has 8 heteroatoms. The first-order valence-electron chi connectivity index (χ1n) is 9.92. The van der Waals surface area contributed by atoms with Crippen LogP contribution in [0.1, 0.15) is 45.1 Å². The predicted octanol–water partition coefficient (Wildman–Crippen LogP) is 2.45. The molecule has 1 unspecified atom stereocenters. The number of sulfonamides is 1. The largest absolute Gasteiger partial charge is 0.337 e. The van der Waals surface area contributed by atoms with Gasteiger partial charge in [-0.2, -0.15) is 4.31 Å². The normalized spacial score (nSPS) is 22.1. The van der Waals surface area contributed by atoms with Gasteiger partial charge >= 0.3 is 0 Å².